The number of nitrogens with two attached hydrogens (primary N) is 1. The van der Waals surface area contributed by atoms with Crippen LogP contribution in [0.3, 0.4) is 0 Å². The minimum Gasteiger partial charge on any atom is -0.465 e. The van der Waals surface area contributed by atoms with Gasteiger partial charge >= 0.3 is 5.97 Å². The van der Waals surface area contributed by atoms with Crippen LogP contribution >= 0.6 is 0 Å². The third kappa shape index (κ3) is 2.09. The van der Waals surface area contributed by atoms with Gasteiger partial charge in [0.05, 0.1) is 30.6 Å². The van der Waals surface area contributed by atoms with Gasteiger partial charge < -0.3 is 19.9 Å². The number of carbonyl (C=O) groups is 1. The molecule has 1 aliphatic heterocycles. The van der Waals surface area contributed by atoms with Crippen LogP contribution in [0.2, 0.25) is 0 Å². The second-order valence-corrected chi connectivity index (χ2v) is 4.72. The highest BCUT2D eigenvalue weighted by molar-refractivity contribution is 5.92. The molecule has 0 aliphatic carbocycles. The van der Waals surface area contributed by atoms with Crippen LogP contribution in [0.1, 0.15) is 16.2 Å². The Morgan fingerprint density at radius 1 is 1.40 bits per heavy atom. The molecule has 2 N–H and O–H groups in total. The number of nitrogens with zero attached hydrogens (tertiary/aromatic N) is 3. The van der Waals surface area contributed by atoms with Crippen molar-refractivity contribution in [2.45, 2.75) is 13.1 Å². The number of methoxy groups -OCH3 is 1. The van der Waals surface area contributed by atoms with E-state index in [1.54, 1.807) is 24.4 Å². The van der Waals surface area contributed by atoms with E-state index in [9.17, 15) is 4.79 Å². The van der Waals surface area contributed by atoms with Gasteiger partial charge in [-0.05, 0) is 18.2 Å². The second-order valence-electron chi connectivity index (χ2n) is 4.72. The molecular formula is C14H16N4O2. The summed E-state index contributed by atoms with van der Waals surface area (Å²) in [4.78, 5) is 18.1. The molecule has 0 atom stereocenters. The maximum atomic E-state index is 11.6. The Labute approximate surface area is 116 Å². The van der Waals surface area contributed by atoms with Gasteiger partial charge in [-0.1, -0.05) is 0 Å². The quantitative estimate of drug-likeness (QED) is 0.658. The molecule has 1 aromatic carbocycles. The Morgan fingerprint density at radius 2 is 2.25 bits per heavy atom. The van der Waals surface area contributed by atoms with Crippen molar-refractivity contribution in [1.29, 1.82) is 0 Å². The summed E-state index contributed by atoms with van der Waals surface area (Å²) in [6, 6.07) is 5.19. The van der Waals surface area contributed by atoms with Crippen molar-refractivity contribution in [1.82, 2.24) is 9.55 Å². The molecule has 0 saturated carbocycles. The molecule has 0 unspecified atom stereocenters. The van der Waals surface area contributed by atoms with Crippen molar-refractivity contribution in [3.8, 4) is 0 Å². The van der Waals surface area contributed by atoms with Crippen molar-refractivity contribution < 1.29 is 9.53 Å². The van der Waals surface area contributed by atoms with E-state index in [4.69, 9.17) is 10.5 Å². The highest BCUT2D eigenvalue weighted by Crippen LogP contribution is 2.28. The number of nitrogen functional groups attached to an aromatic ring is 1. The Kier molecular flexibility index (Phi) is 3.06. The number of imidazole rings is 1. The van der Waals surface area contributed by atoms with Crippen LogP contribution in [0.5, 0.6) is 0 Å². The van der Waals surface area contributed by atoms with Crippen LogP contribution in [-0.2, 0) is 17.8 Å². The monoisotopic (exact) mass is 272 g/mol. The molecule has 1 aliphatic rings. The number of anilines is 2. The Morgan fingerprint density at radius 3 is 3.05 bits per heavy atom. The average Bonchev–Trinajstić information content (AvgIpc) is 2.94. The minimum atomic E-state index is -0.357. The van der Waals surface area contributed by atoms with Gasteiger partial charge in [0.1, 0.15) is 5.82 Å². The van der Waals surface area contributed by atoms with Gasteiger partial charge in [0, 0.05) is 25.5 Å². The van der Waals surface area contributed by atoms with Crippen molar-refractivity contribution >= 4 is 17.3 Å². The number of esters is 1. The van der Waals surface area contributed by atoms with E-state index in [0.29, 0.717) is 17.8 Å². The van der Waals surface area contributed by atoms with E-state index >= 15 is 0 Å². The summed E-state index contributed by atoms with van der Waals surface area (Å²) in [7, 11) is 1.37. The highest BCUT2D eigenvalue weighted by atomic mass is 16.5. The first kappa shape index (κ1) is 12.5. The maximum Gasteiger partial charge on any atom is 0.337 e. The normalized spacial score (nSPS) is 13.9. The fourth-order valence-electron chi connectivity index (χ4n) is 2.44. The lowest BCUT2D eigenvalue weighted by Gasteiger charge is -2.30. The predicted octanol–water partition coefficient (Wildman–Crippen LogP) is 1.27. The largest absolute Gasteiger partial charge is 0.465 e. The smallest absolute Gasteiger partial charge is 0.337 e. The van der Waals surface area contributed by atoms with E-state index < -0.39 is 0 Å². The lowest BCUT2D eigenvalue weighted by atomic mass is 10.1. The van der Waals surface area contributed by atoms with Crippen LogP contribution in [0, 0.1) is 0 Å². The van der Waals surface area contributed by atoms with Gasteiger partial charge in [0.25, 0.3) is 0 Å². The van der Waals surface area contributed by atoms with Gasteiger partial charge in [-0.3, -0.25) is 0 Å². The summed E-state index contributed by atoms with van der Waals surface area (Å²) in [5, 5.41) is 0. The molecule has 0 spiro atoms. The Hall–Kier alpha value is -2.50. The maximum absolute atomic E-state index is 11.6. The lowest BCUT2D eigenvalue weighted by Crippen LogP contribution is -2.34. The molecule has 2 heterocycles. The standard InChI is InChI=1S/C14H16N4O2/c1-20-14(19)10-2-3-11(15)12(8-10)18-7-6-17-5-4-16-13(17)9-18/h2-5,8H,6-7,9,15H2,1H3. The molecular weight excluding hydrogens is 256 g/mol. The summed E-state index contributed by atoms with van der Waals surface area (Å²) in [6.45, 7) is 2.37. The zero-order valence-electron chi connectivity index (χ0n) is 11.2. The summed E-state index contributed by atoms with van der Waals surface area (Å²) in [5.41, 5.74) is 8.04. The van der Waals surface area contributed by atoms with E-state index in [0.717, 1.165) is 24.6 Å². The number of ether oxygens (including phenoxy) is 1. The number of carbonyl (C=O) groups excluding carboxylic acids is 1. The van der Waals surface area contributed by atoms with Crippen LogP contribution < -0.4 is 10.6 Å². The zero-order valence-corrected chi connectivity index (χ0v) is 11.2. The minimum absolute atomic E-state index is 0.357. The number of hydrogen-bond donors (Lipinski definition) is 1. The van der Waals surface area contributed by atoms with Crippen molar-refractivity contribution in [3.63, 3.8) is 0 Å². The van der Waals surface area contributed by atoms with Gasteiger partial charge in [0.15, 0.2) is 0 Å². The topological polar surface area (TPSA) is 73.4 Å². The van der Waals surface area contributed by atoms with Crippen molar-refractivity contribution in [3.05, 3.63) is 42.0 Å². The van der Waals surface area contributed by atoms with Gasteiger partial charge in [0.2, 0.25) is 0 Å². The highest BCUT2D eigenvalue weighted by Gasteiger charge is 2.20. The fraction of sp³-hybridized carbons (Fsp3) is 0.286. The molecule has 0 fully saturated rings. The number of fused-ring (bicyclic) bond motifs is 1. The number of hydrogen-bond acceptors (Lipinski definition) is 5. The molecule has 3 rings (SSSR count). The fourth-order valence-corrected chi connectivity index (χ4v) is 2.44. The number of benzene rings is 1. The molecule has 2 aromatic rings. The molecule has 0 saturated heterocycles. The molecule has 0 bridgehead atoms. The summed E-state index contributed by atoms with van der Waals surface area (Å²) >= 11 is 0. The first-order valence-electron chi connectivity index (χ1n) is 6.42. The summed E-state index contributed by atoms with van der Waals surface area (Å²) < 4.78 is 6.87. The average molecular weight is 272 g/mol. The van der Waals surface area contributed by atoms with E-state index in [1.165, 1.54) is 7.11 Å². The number of rotatable bonds is 2. The van der Waals surface area contributed by atoms with E-state index in [1.807, 2.05) is 6.20 Å². The summed E-state index contributed by atoms with van der Waals surface area (Å²) in [6.07, 6.45) is 3.77. The molecule has 6 heteroatoms. The molecule has 20 heavy (non-hydrogen) atoms. The van der Waals surface area contributed by atoms with Crippen LogP contribution in [0.4, 0.5) is 11.4 Å². The van der Waals surface area contributed by atoms with E-state index in [-0.39, 0.29) is 5.97 Å². The Bertz CT molecular complexity index is 650. The van der Waals surface area contributed by atoms with Gasteiger partial charge in [-0.2, -0.15) is 0 Å². The molecule has 6 nitrogen and oxygen atoms in total. The first-order valence-corrected chi connectivity index (χ1v) is 6.42. The lowest BCUT2D eigenvalue weighted by molar-refractivity contribution is 0.0601. The van der Waals surface area contributed by atoms with Crippen LogP contribution in [0.25, 0.3) is 0 Å². The zero-order chi connectivity index (χ0) is 14.1. The summed E-state index contributed by atoms with van der Waals surface area (Å²) in [5.74, 6) is 0.642. The van der Waals surface area contributed by atoms with Gasteiger partial charge in [-0.15, -0.1) is 0 Å². The molecule has 0 radical (unpaired) electrons. The van der Waals surface area contributed by atoms with Crippen molar-refractivity contribution in [2.75, 3.05) is 24.3 Å². The van der Waals surface area contributed by atoms with E-state index in [2.05, 4.69) is 14.5 Å². The number of aromatic nitrogens is 2. The van der Waals surface area contributed by atoms with Crippen LogP contribution in [0.15, 0.2) is 30.6 Å². The van der Waals surface area contributed by atoms with Gasteiger partial charge in [-0.25, -0.2) is 9.78 Å². The SMILES string of the molecule is COC(=O)c1ccc(N)c(N2CCn3ccnc3C2)c1. The third-order valence-electron chi connectivity index (χ3n) is 3.54. The first-order chi connectivity index (χ1) is 9.69. The Balaban J connectivity index is 1.92. The second kappa shape index (κ2) is 4.88. The molecule has 104 valence electrons. The third-order valence-corrected chi connectivity index (χ3v) is 3.54. The van der Waals surface area contributed by atoms with Crippen molar-refractivity contribution in [2.24, 2.45) is 0 Å². The molecule has 1 aromatic heterocycles. The molecule has 0 amide bonds. The van der Waals surface area contributed by atoms with Crippen LogP contribution in [-0.4, -0.2) is 29.2 Å². The predicted molar refractivity (Wildman–Crippen MR) is 75.5 cm³/mol.